The number of hydrazone groups is 1. The maximum atomic E-state index is 13.4. The number of carbonyl (C=O) groups is 1. The number of pyridine rings is 1. The van der Waals surface area contributed by atoms with E-state index in [9.17, 15) is 9.18 Å². The van der Waals surface area contributed by atoms with Crippen molar-refractivity contribution in [2.45, 2.75) is 12.5 Å². The number of ketones is 1. The zero-order chi connectivity index (χ0) is 22.3. The van der Waals surface area contributed by atoms with E-state index in [0.717, 1.165) is 5.69 Å². The third-order valence-electron chi connectivity index (χ3n) is 4.92. The number of imidazole rings is 1. The molecule has 7 nitrogen and oxygen atoms in total. The molecule has 0 saturated carbocycles. The van der Waals surface area contributed by atoms with Gasteiger partial charge >= 0.3 is 0 Å². The number of amidine groups is 1. The van der Waals surface area contributed by atoms with E-state index >= 15 is 0 Å². The summed E-state index contributed by atoms with van der Waals surface area (Å²) in [6, 6.07) is 18.0. The summed E-state index contributed by atoms with van der Waals surface area (Å²) in [5, 5.41) is 4.21. The van der Waals surface area contributed by atoms with Crippen molar-refractivity contribution >= 4 is 11.6 Å². The Balaban J connectivity index is 1.53. The highest BCUT2D eigenvalue weighted by atomic mass is 19.1. The lowest BCUT2D eigenvalue weighted by molar-refractivity contribution is 0.0968. The topological polar surface area (TPSA) is 98.2 Å². The van der Waals surface area contributed by atoms with E-state index in [0.29, 0.717) is 16.8 Å². The minimum atomic E-state index is -0.501. The Morgan fingerprint density at radius 3 is 2.50 bits per heavy atom. The van der Waals surface area contributed by atoms with Gasteiger partial charge in [-0.1, -0.05) is 18.2 Å². The Hall–Kier alpha value is -4.33. The third-order valence-corrected chi connectivity index (χ3v) is 4.92. The molecule has 0 spiro atoms. The van der Waals surface area contributed by atoms with Gasteiger partial charge in [-0.2, -0.15) is 5.10 Å². The van der Waals surface area contributed by atoms with Crippen LogP contribution in [0.5, 0.6) is 0 Å². The molecule has 0 bridgehead atoms. The summed E-state index contributed by atoms with van der Waals surface area (Å²) in [7, 11) is 0. The fourth-order valence-corrected chi connectivity index (χ4v) is 3.19. The molecule has 2 aromatic heterocycles. The number of rotatable bonds is 8. The first-order chi connectivity index (χ1) is 15.6. The fourth-order valence-electron chi connectivity index (χ4n) is 3.19. The van der Waals surface area contributed by atoms with Gasteiger partial charge in [-0.25, -0.2) is 9.37 Å². The lowest BCUT2D eigenvalue weighted by Gasteiger charge is -2.17. The van der Waals surface area contributed by atoms with E-state index < -0.39 is 6.04 Å². The van der Waals surface area contributed by atoms with Gasteiger partial charge in [0, 0.05) is 36.3 Å². The Kier molecular flexibility index (Phi) is 6.31. The molecule has 160 valence electrons. The van der Waals surface area contributed by atoms with E-state index in [2.05, 4.69) is 20.5 Å². The Morgan fingerprint density at radius 2 is 1.84 bits per heavy atom. The molecule has 0 aliphatic carbocycles. The normalized spacial score (nSPS) is 12.3. The van der Waals surface area contributed by atoms with E-state index in [4.69, 9.17) is 5.73 Å². The first-order valence-electron chi connectivity index (χ1n) is 9.97. The molecule has 2 aromatic carbocycles. The number of nitrogens with zero attached hydrogens (tertiary/aromatic N) is 4. The van der Waals surface area contributed by atoms with Crippen molar-refractivity contribution in [3.8, 4) is 5.69 Å². The molecule has 0 aliphatic rings. The van der Waals surface area contributed by atoms with E-state index in [1.54, 1.807) is 61.2 Å². The molecule has 4 rings (SSSR count). The SMILES string of the molecule is N/C(=N/NC(CC(=O)c1ccc(-n2ccnc2)cc1)c1ccc(F)cc1)c1ccccn1. The van der Waals surface area contributed by atoms with Crippen LogP contribution in [0.3, 0.4) is 0 Å². The average Bonchev–Trinajstić information content (AvgIpc) is 3.38. The van der Waals surface area contributed by atoms with Crippen LogP contribution in [0.2, 0.25) is 0 Å². The lowest BCUT2D eigenvalue weighted by Crippen LogP contribution is -2.25. The van der Waals surface area contributed by atoms with E-state index in [-0.39, 0.29) is 23.9 Å². The Labute approximate surface area is 184 Å². The van der Waals surface area contributed by atoms with Crippen LogP contribution in [0, 0.1) is 5.82 Å². The van der Waals surface area contributed by atoms with Crippen molar-refractivity contribution in [1.29, 1.82) is 0 Å². The molecule has 1 unspecified atom stereocenters. The monoisotopic (exact) mass is 428 g/mol. The van der Waals surface area contributed by atoms with Crippen molar-refractivity contribution in [3.05, 3.63) is 114 Å². The highest BCUT2D eigenvalue weighted by Crippen LogP contribution is 2.21. The number of halogens is 1. The van der Waals surface area contributed by atoms with Gasteiger partial charge in [-0.05, 0) is 54.1 Å². The molecule has 8 heteroatoms. The minimum Gasteiger partial charge on any atom is -0.380 e. The first kappa shape index (κ1) is 20.9. The quantitative estimate of drug-likeness (QED) is 0.193. The molecule has 0 saturated heterocycles. The van der Waals surface area contributed by atoms with Crippen LogP contribution < -0.4 is 11.2 Å². The van der Waals surface area contributed by atoms with Crippen LogP contribution in [0.25, 0.3) is 5.69 Å². The number of carbonyl (C=O) groups excluding carboxylic acids is 1. The minimum absolute atomic E-state index is 0.0874. The van der Waals surface area contributed by atoms with Gasteiger partial charge in [0.15, 0.2) is 11.6 Å². The van der Waals surface area contributed by atoms with Gasteiger partial charge < -0.3 is 15.7 Å². The second-order valence-corrected chi connectivity index (χ2v) is 7.09. The number of nitrogens with two attached hydrogens (primary N) is 1. The number of hydrogen-bond acceptors (Lipinski definition) is 5. The van der Waals surface area contributed by atoms with Crippen molar-refractivity contribution in [2.24, 2.45) is 10.8 Å². The van der Waals surface area contributed by atoms with Crippen molar-refractivity contribution in [3.63, 3.8) is 0 Å². The fraction of sp³-hybridized carbons (Fsp3) is 0.0833. The molecule has 0 amide bonds. The summed E-state index contributed by atoms with van der Waals surface area (Å²) in [6.07, 6.45) is 6.93. The Bertz CT molecular complexity index is 1190. The molecule has 32 heavy (non-hydrogen) atoms. The van der Waals surface area contributed by atoms with Crippen LogP contribution in [-0.2, 0) is 0 Å². The van der Waals surface area contributed by atoms with Gasteiger partial charge in [0.2, 0.25) is 0 Å². The molecule has 0 fully saturated rings. The molecule has 2 heterocycles. The summed E-state index contributed by atoms with van der Waals surface area (Å²) in [6.45, 7) is 0. The van der Waals surface area contributed by atoms with Crippen LogP contribution in [0.1, 0.15) is 34.1 Å². The highest BCUT2D eigenvalue weighted by Gasteiger charge is 2.18. The zero-order valence-corrected chi connectivity index (χ0v) is 17.1. The molecule has 1 atom stereocenters. The maximum absolute atomic E-state index is 13.4. The second kappa shape index (κ2) is 9.65. The van der Waals surface area contributed by atoms with Gasteiger partial charge in [0.25, 0.3) is 0 Å². The summed E-state index contributed by atoms with van der Waals surface area (Å²) in [4.78, 5) is 21.2. The lowest BCUT2D eigenvalue weighted by atomic mass is 9.98. The average molecular weight is 428 g/mol. The van der Waals surface area contributed by atoms with E-state index in [1.165, 1.54) is 12.1 Å². The van der Waals surface area contributed by atoms with E-state index in [1.807, 2.05) is 22.9 Å². The maximum Gasteiger partial charge on any atom is 0.169 e. The molecule has 3 N–H and O–H groups in total. The predicted octanol–water partition coefficient (Wildman–Crippen LogP) is 3.63. The Morgan fingerprint density at radius 1 is 1.06 bits per heavy atom. The number of aromatic nitrogens is 3. The molecular weight excluding hydrogens is 407 g/mol. The van der Waals surface area contributed by atoms with Gasteiger partial charge in [-0.3, -0.25) is 9.78 Å². The van der Waals surface area contributed by atoms with Crippen LogP contribution in [0.15, 0.2) is 96.7 Å². The van der Waals surface area contributed by atoms with Crippen LogP contribution >= 0.6 is 0 Å². The molecular formula is C24H21FN6O. The standard InChI is InChI=1S/C24H21FN6O/c25-19-8-4-17(5-9-19)22(29-30-24(26)21-3-1-2-12-28-21)15-23(32)18-6-10-20(11-7-18)31-14-13-27-16-31/h1-14,16,22,29H,15H2,(H2,26,30). The van der Waals surface area contributed by atoms with Gasteiger partial charge in [0.05, 0.1) is 12.4 Å². The number of benzene rings is 2. The summed E-state index contributed by atoms with van der Waals surface area (Å²) < 4.78 is 15.3. The zero-order valence-electron chi connectivity index (χ0n) is 17.1. The molecule has 4 aromatic rings. The number of nitrogens with one attached hydrogen (secondary N) is 1. The van der Waals surface area contributed by atoms with Crippen molar-refractivity contribution in [1.82, 2.24) is 20.0 Å². The second-order valence-electron chi connectivity index (χ2n) is 7.09. The molecule has 0 aliphatic heterocycles. The number of Topliss-reactive ketones (excluding diaryl/α,β-unsaturated/α-hetero) is 1. The first-order valence-corrected chi connectivity index (χ1v) is 9.97. The van der Waals surface area contributed by atoms with Crippen LogP contribution in [0.4, 0.5) is 4.39 Å². The number of hydrogen-bond donors (Lipinski definition) is 2. The third kappa shape index (κ3) is 5.04. The predicted molar refractivity (Wildman–Crippen MR) is 120 cm³/mol. The summed E-state index contributed by atoms with van der Waals surface area (Å²) >= 11 is 0. The van der Waals surface area contributed by atoms with Crippen molar-refractivity contribution < 1.29 is 9.18 Å². The summed E-state index contributed by atoms with van der Waals surface area (Å²) in [5.41, 5.74) is 11.7. The van der Waals surface area contributed by atoms with Crippen molar-refractivity contribution in [2.75, 3.05) is 0 Å². The van der Waals surface area contributed by atoms with Gasteiger partial charge in [-0.15, -0.1) is 0 Å². The highest BCUT2D eigenvalue weighted by molar-refractivity contribution is 5.97. The largest absolute Gasteiger partial charge is 0.380 e. The smallest absolute Gasteiger partial charge is 0.169 e. The van der Waals surface area contributed by atoms with Crippen LogP contribution in [-0.4, -0.2) is 26.2 Å². The molecule has 0 radical (unpaired) electrons. The van der Waals surface area contributed by atoms with Gasteiger partial charge in [0.1, 0.15) is 11.5 Å². The summed E-state index contributed by atoms with van der Waals surface area (Å²) in [5.74, 6) is -0.254.